The molecule has 0 saturated carbocycles. The van der Waals surface area contributed by atoms with Gasteiger partial charge in [-0.25, -0.2) is 4.39 Å². The van der Waals surface area contributed by atoms with Crippen LogP contribution in [0.3, 0.4) is 0 Å². The van der Waals surface area contributed by atoms with E-state index in [0.29, 0.717) is 17.1 Å². The number of anilines is 1. The van der Waals surface area contributed by atoms with E-state index in [1.165, 1.54) is 22.9 Å². The number of amides is 1. The molecule has 2 aromatic carbocycles. The molecule has 7 nitrogen and oxygen atoms in total. The molecule has 150 valence electrons. The highest BCUT2D eigenvalue weighted by atomic mass is 32.2. The van der Waals surface area contributed by atoms with Crippen molar-refractivity contribution in [2.75, 3.05) is 5.32 Å². The largest absolute Gasteiger partial charge is 0.322 e. The molecule has 4 rings (SSSR count). The SMILES string of the molecule is Cc1nnnn1-c1cc(NC(=O)c2ccc(SCc3cccnc3)cc2)ccc1F. The summed E-state index contributed by atoms with van der Waals surface area (Å²) >= 11 is 1.67. The van der Waals surface area contributed by atoms with Gasteiger partial charge in [-0.1, -0.05) is 6.07 Å². The third-order valence-corrected chi connectivity index (χ3v) is 5.39. The second-order valence-corrected chi connectivity index (χ2v) is 7.48. The summed E-state index contributed by atoms with van der Waals surface area (Å²) in [5.74, 6) is 0.467. The number of nitrogens with zero attached hydrogens (tertiary/aromatic N) is 5. The van der Waals surface area contributed by atoms with Crippen LogP contribution >= 0.6 is 11.8 Å². The first kappa shape index (κ1) is 19.7. The number of pyridine rings is 1. The van der Waals surface area contributed by atoms with Gasteiger partial charge in [-0.3, -0.25) is 9.78 Å². The topological polar surface area (TPSA) is 85.6 Å². The Bertz CT molecular complexity index is 1160. The van der Waals surface area contributed by atoms with E-state index in [2.05, 4.69) is 25.8 Å². The average Bonchev–Trinajstić information content (AvgIpc) is 3.20. The molecule has 1 amide bonds. The van der Waals surface area contributed by atoms with Gasteiger partial charge in [0.15, 0.2) is 5.82 Å². The standard InChI is InChI=1S/C21H17FN6OS/c1-14-25-26-27-28(14)20-11-17(6-9-19(20)22)24-21(29)16-4-7-18(8-5-16)30-13-15-3-2-10-23-12-15/h2-12H,13H2,1H3,(H,24,29). The normalized spacial score (nSPS) is 10.7. The third-order valence-electron chi connectivity index (χ3n) is 4.30. The van der Waals surface area contributed by atoms with Gasteiger partial charge in [-0.15, -0.1) is 16.9 Å². The molecular weight excluding hydrogens is 403 g/mol. The van der Waals surface area contributed by atoms with E-state index in [9.17, 15) is 9.18 Å². The van der Waals surface area contributed by atoms with Crippen molar-refractivity contribution in [3.05, 3.63) is 89.8 Å². The molecule has 4 aromatic rings. The van der Waals surface area contributed by atoms with E-state index in [4.69, 9.17) is 0 Å². The fraction of sp³-hybridized carbons (Fsp3) is 0.0952. The van der Waals surface area contributed by atoms with Gasteiger partial charge in [-0.2, -0.15) is 4.68 Å². The van der Waals surface area contributed by atoms with Crippen LogP contribution < -0.4 is 5.32 Å². The lowest BCUT2D eigenvalue weighted by Gasteiger charge is -2.09. The maximum absolute atomic E-state index is 14.2. The number of carbonyl (C=O) groups excluding carboxylic acids is 1. The molecule has 0 unspecified atom stereocenters. The van der Waals surface area contributed by atoms with Crippen molar-refractivity contribution in [1.82, 2.24) is 25.2 Å². The number of rotatable bonds is 6. The van der Waals surface area contributed by atoms with Crippen LogP contribution in [0.4, 0.5) is 10.1 Å². The van der Waals surface area contributed by atoms with Crippen molar-refractivity contribution in [2.24, 2.45) is 0 Å². The summed E-state index contributed by atoms with van der Waals surface area (Å²) in [4.78, 5) is 17.7. The Labute approximate surface area is 176 Å². The summed E-state index contributed by atoms with van der Waals surface area (Å²) in [6.45, 7) is 1.67. The van der Waals surface area contributed by atoms with Crippen molar-refractivity contribution in [1.29, 1.82) is 0 Å². The molecule has 9 heteroatoms. The molecule has 0 bridgehead atoms. The summed E-state index contributed by atoms with van der Waals surface area (Å²) in [6.07, 6.45) is 3.58. The first-order chi connectivity index (χ1) is 14.6. The van der Waals surface area contributed by atoms with Crippen molar-refractivity contribution in [3.8, 4) is 5.69 Å². The number of tetrazole rings is 1. The fourth-order valence-electron chi connectivity index (χ4n) is 2.76. The van der Waals surface area contributed by atoms with Gasteiger partial charge in [0.05, 0.1) is 0 Å². The monoisotopic (exact) mass is 420 g/mol. The van der Waals surface area contributed by atoms with Crippen molar-refractivity contribution >= 4 is 23.4 Å². The number of nitrogens with one attached hydrogen (secondary N) is 1. The van der Waals surface area contributed by atoms with Crippen LogP contribution in [0.25, 0.3) is 5.69 Å². The predicted octanol–water partition coefficient (Wildman–Crippen LogP) is 4.05. The van der Waals surface area contributed by atoms with Gasteiger partial charge in [0.25, 0.3) is 5.91 Å². The summed E-state index contributed by atoms with van der Waals surface area (Å²) in [7, 11) is 0. The van der Waals surface area contributed by atoms with Crippen LogP contribution in [-0.4, -0.2) is 31.1 Å². The van der Waals surface area contributed by atoms with Crippen LogP contribution in [0.1, 0.15) is 21.7 Å². The first-order valence-corrected chi connectivity index (χ1v) is 10.1. The molecule has 0 saturated heterocycles. The Morgan fingerprint density at radius 3 is 2.70 bits per heavy atom. The second-order valence-electron chi connectivity index (χ2n) is 6.43. The summed E-state index contributed by atoms with van der Waals surface area (Å²) < 4.78 is 15.5. The maximum atomic E-state index is 14.2. The maximum Gasteiger partial charge on any atom is 0.255 e. The molecule has 30 heavy (non-hydrogen) atoms. The summed E-state index contributed by atoms with van der Waals surface area (Å²) in [6, 6.07) is 15.5. The Morgan fingerprint density at radius 2 is 2.00 bits per heavy atom. The molecule has 2 aromatic heterocycles. The van der Waals surface area contributed by atoms with Gasteiger partial charge in [0, 0.05) is 34.3 Å². The number of aryl methyl sites for hydroxylation is 1. The Balaban J connectivity index is 1.43. The molecule has 0 atom stereocenters. The molecule has 0 spiro atoms. The lowest BCUT2D eigenvalue weighted by atomic mass is 10.2. The minimum atomic E-state index is -0.488. The molecule has 0 fully saturated rings. The molecular formula is C21H17FN6OS. The number of aromatic nitrogens is 5. The molecule has 0 aliphatic rings. The summed E-state index contributed by atoms with van der Waals surface area (Å²) in [5.41, 5.74) is 2.25. The molecule has 1 N–H and O–H groups in total. The second kappa shape index (κ2) is 8.83. The quantitative estimate of drug-likeness (QED) is 0.474. The molecule has 2 heterocycles. The molecule has 0 radical (unpaired) electrons. The minimum Gasteiger partial charge on any atom is -0.322 e. The summed E-state index contributed by atoms with van der Waals surface area (Å²) in [5, 5.41) is 13.8. The lowest BCUT2D eigenvalue weighted by Crippen LogP contribution is -2.12. The number of hydrogen-bond acceptors (Lipinski definition) is 6. The lowest BCUT2D eigenvalue weighted by molar-refractivity contribution is 0.102. The van der Waals surface area contributed by atoms with E-state index in [1.54, 1.807) is 37.0 Å². The predicted molar refractivity (Wildman–Crippen MR) is 112 cm³/mol. The Hall–Kier alpha value is -3.59. The highest BCUT2D eigenvalue weighted by molar-refractivity contribution is 7.98. The van der Waals surface area contributed by atoms with E-state index in [-0.39, 0.29) is 11.6 Å². The van der Waals surface area contributed by atoms with E-state index < -0.39 is 5.82 Å². The molecule has 0 aliphatic heterocycles. The third kappa shape index (κ3) is 4.52. The minimum absolute atomic E-state index is 0.164. The zero-order chi connectivity index (χ0) is 20.9. The first-order valence-electron chi connectivity index (χ1n) is 9.08. The van der Waals surface area contributed by atoms with Crippen LogP contribution in [-0.2, 0) is 5.75 Å². The van der Waals surface area contributed by atoms with E-state index in [1.807, 2.05) is 30.5 Å². The highest BCUT2D eigenvalue weighted by Crippen LogP contribution is 2.23. The van der Waals surface area contributed by atoms with Crippen LogP contribution in [0, 0.1) is 12.7 Å². The van der Waals surface area contributed by atoms with Crippen LogP contribution in [0.15, 0.2) is 71.9 Å². The van der Waals surface area contributed by atoms with Gasteiger partial charge in [-0.05, 0) is 71.4 Å². The number of thioether (sulfide) groups is 1. The smallest absolute Gasteiger partial charge is 0.255 e. The average molecular weight is 420 g/mol. The zero-order valence-corrected chi connectivity index (χ0v) is 16.8. The van der Waals surface area contributed by atoms with Crippen LogP contribution in [0.2, 0.25) is 0 Å². The van der Waals surface area contributed by atoms with Gasteiger partial charge in [0.1, 0.15) is 11.5 Å². The zero-order valence-electron chi connectivity index (χ0n) is 16.0. The highest BCUT2D eigenvalue weighted by Gasteiger charge is 2.12. The fourth-order valence-corrected chi connectivity index (χ4v) is 3.60. The number of carbonyl (C=O) groups is 1. The number of benzene rings is 2. The van der Waals surface area contributed by atoms with Crippen molar-refractivity contribution in [3.63, 3.8) is 0 Å². The number of hydrogen-bond donors (Lipinski definition) is 1. The van der Waals surface area contributed by atoms with Gasteiger partial charge >= 0.3 is 0 Å². The Kier molecular flexibility index (Phi) is 5.80. The Morgan fingerprint density at radius 1 is 1.17 bits per heavy atom. The van der Waals surface area contributed by atoms with Crippen molar-refractivity contribution in [2.45, 2.75) is 17.6 Å². The number of halogens is 1. The van der Waals surface area contributed by atoms with Gasteiger partial charge in [0.2, 0.25) is 0 Å². The van der Waals surface area contributed by atoms with E-state index >= 15 is 0 Å². The van der Waals surface area contributed by atoms with Gasteiger partial charge < -0.3 is 5.32 Å². The molecule has 0 aliphatic carbocycles. The van der Waals surface area contributed by atoms with Crippen LogP contribution in [0.5, 0.6) is 0 Å². The van der Waals surface area contributed by atoms with Crippen molar-refractivity contribution < 1.29 is 9.18 Å². The van der Waals surface area contributed by atoms with E-state index in [0.717, 1.165) is 16.2 Å².